The molecule has 1 amide bonds. The van der Waals surface area contributed by atoms with Gasteiger partial charge in [-0.15, -0.1) is 0 Å². The van der Waals surface area contributed by atoms with Crippen LogP contribution in [0.15, 0.2) is 79.4 Å². The van der Waals surface area contributed by atoms with Gasteiger partial charge in [-0.1, -0.05) is 36.4 Å². The third-order valence-corrected chi connectivity index (χ3v) is 5.90. The highest BCUT2D eigenvalue weighted by Gasteiger charge is 2.24. The minimum atomic E-state index is -0.00328. The van der Waals surface area contributed by atoms with E-state index in [9.17, 15) is 4.79 Å². The summed E-state index contributed by atoms with van der Waals surface area (Å²) in [5.41, 5.74) is 7.24. The number of rotatable bonds is 7. The molecule has 4 aromatic rings. The second-order valence-electron chi connectivity index (χ2n) is 8.49. The number of pyridine rings is 1. The lowest BCUT2D eigenvalue weighted by atomic mass is 10.00. The molecule has 2 aromatic heterocycles. The number of aromatic nitrogens is 3. The van der Waals surface area contributed by atoms with Crippen LogP contribution in [0, 0.1) is 6.92 Å². The van der Waals surface area contributed by atoms with Crippen molar-refractivity contribution in [1.82, 2.24) is 20.1 Å². The van der Waals surface area contributed by atoms with Crippen molar-refractivity contribution in [3.05, 3.63) is 102 Å². The van der Waals surface area contributed by atoms with E-state index in [0.29, 0.717) is 11.6 Å². The number of aryl methyl sites for hydroxylation is 3. The van der Waals surface area contributed by atoms with E-state index in [1.807, 2.05) is 53.7 Å². The molecule has 5 heteroatoms. The van der Waals surface area contributed by atoms with Crippen LogP contribution >= 0.6 is 0 Å². The molecule has 160 valence electrons. The van der Waals surface area contributed by atoms with Gasteiger partial charge in [-0.05, 0) is 73.1 Å². The van der Waals surface area contributed by atoms with Gasteiger partial charge >= 0.3 is 0 Å². The molecule has 0 radical (unpaired) electrons. The van der Waals surface area contributed by atoms with Gasteiger partial charge in [0.15, 0.2) is 0 Å². The van der Waals surface area contributed by atoms with Crippen LogP contribution < -0.4 is 5.32 Å². The van der Waals surface area contributed by atoms with Crippen molar-refractivity contribution in [1.29, 1.82) is 0 Å². The van der Waals surface area contributed by atoms with Gasteiger partial charge in [0.25, 0.3) is 5.91 Å². The zero-order valence-corrected chi connectivity index (χ0v) is 18.2. The summed E-state index contributed by atoms with van der Waals surface area (Å²) in [4.78, 5) is 16.9. The summed E-state index contributed by atoms with van der Waals surface area (Å²) in [6, 6.07) is 18.8. The molecule has 1 fully saturated rings. The summed E-state index contributed by atoms with van der Waals surface area (Å²) in [6.07, 6.45) is 11.7. The van der Waals surface area contributed by atoms with Crippen molar-refractivity contribution in [2.24, 2.45) is 0 Å². The molecule has 1 aliphatic carbocycles. The lowest BCUT2D eigenvalue weighted by Crippen LogP contribution is -2.25. The molecular weight excluding hydrogens is 396 g/mol. The maximum atomic E-state index is 12.5. The molecule has 2 aromatic carbocycles. The highest BCUT2D eigenvalue weighted by Crippen LogP contribution is 2.26. The number of nitrogens with zero attached hydrogens (tertiary/aromatic N) is 3. The molecule has 0 bridgehead atoms. The molecule has 0 spiro atoms. The number of carbonyl (C=O) groups excluding carboxylic acids is 1. The van der Waals surface area contributed by atoms with E-state index in [-0.39, 0.29) is 5.91 Å². The summed E-state index contributed by atoms with van der Waals surface area (Å²) in [6.45, 7) is 2.06. The van der Waals surface area contributed by atoms with Gasteiger partial charge in [-0.3, -0.25) is 9.78 Å². The monoisotopic (exact) mass is 422 g/mol. The number of hydrogen-bond acceptors (Lipinski definition) is 3. The zero-order chi connectivity index (χ0) is 21.9. The Balaban J connectivity index is 1.35. The van der Waals surface area contributed by atoms with Gasteiger partial charge in [0.2, 0.25) is 0 Å². The van der Waals surface area contributed by atoms with Crippen LogP contribution in [0.5, 0.6) is 0 Å². The van der Waals surface area contributed by atoms with Crippen LogP contribution in [0.2, 0.25) is 0 Å². The molecule has 5 nitrogen and oxygen atoms in total. The Hall–Kier alpha value is -3.73. The first-order valence-electron chi connectivity index (χ1n) is 11.1. The maximum Gasteiger partial charge on any atom is 0.251 e. The van der Waals surface area contributed by atoms with Gasteiger partial charge in [0, 0.05) is 29.6 Å². The molecule has 1 N–H and O–H groups in total. The smallest absolute Gasteiger partial charge is 0.251 e. The molecule has 0 atom stereocenters. The largest absolute Gasteiger partial charge is 0.349 e. The van der Waals surface area contributed by atoms with Gasteiger partial charge in [0.05, 0.1) is 18.1 Å². The van der Waals surface area contributed by atoms with E-state index < -0.39 is 0 Å². The second kappa shape index (κ2) is 8.79. The number of carbonyl (C=O) groups is 1. The van der Waals surface area contributed by atoms with E-state index in [1.54, 1.807) is 0 Å². The fourth-order valence-electron chi connectivity index (χ4n) is 3.84. The molecule has 0 saturated heterocycles. The molecular formula is C27H26N4O. The fraction of sp³-hybridized carbons (Fsp3) is 0.222. The van der Waals surface area contributed by atoms with Crippen LogP contribution in [-0.4, -0.2) is 26.7 Å². The number of amides is 1. The van der Waals surface area contributed by atoms with Crippen LogP contribution in [0.4, 0.5) is 0 Å². The van der Waals surface area contributed by atoms with E-state index in [0.717, 1.165) is 48.1 Å². The van der Waals surface area contributed by atoms with Crippen LogP contribution in [-0.2, 0) is 12.8 Å². The normalized spacial score (nSPS) is 13.2. The van der Waals surface area contributed by atoms with Gasteiger partial charge in [0.1, 0.15) is 0 Å². The predicted molar refractivity (Wildman–Crippen MR) is 126 cm³/mol. The summed E-state index contributed by atoms with van der Waals surface area (Å²) >= 11 is 0. The Labute approximate surface area is 188 Å². The minimum absolute atomic E-state index is 0.00328. The Bertz CT molecular complexity index is 1240. The third-order valence-electron chi connectivity index (χ3n) is 5.90. The topological polar surface area (TPSA) is 59.8 Å². The first-order valence-corrected chi connectivity index (χ1v) is 11.1. The van der Waals surface area contributed by atoms with Gasteiger partial charge in [-0.25, -0.2) is 4.68 Å². The van der Waals surface area contributed by atoms with Gasteiger partial charge < -0.3 is 5.32 Å². The van der Waals surface area contributed by atoms with E-state index in [1.165, 1.54) is 11.1 Å². The SMILES string of the molecule is Cc1ccc(C(=O)NC2CC2)cc1-c1cnn(-c2cncc(CCc3ccccc3)c2)c1. The summed E-state index contributed by atoms with van der Waals surface area (Å²) < 4.78 is 1.85. The van der Waals surface area contributed by atoms with Gasteiger partial charge in [-0.2, -0.15) is 5.10 Å². The van der Waals surface area contributed by atoms with E-state index >= 15 is 0 Å². The second-order valence-corrected chi connectivity index (χ2v) is 8.49. The van der Waals surface area contributed by atoms with Crippen LogP contribution in [0.25, 0.3) is 16.8 Å². The Morgan fingerprint density at radius 1 is 1.00 bits per heavy atom. The molecule has 1 saturated carbocycles. The standard InChI is InChI=1S/C27H26N4O/c1-19-7-10-22(27(32)30-24-11-12-24)14-26(19)23-16-29-31(18-23)25-13-21(15-28-17-25)9-8-20-5-3-2-4-6-20/h2-7,10,13-18,24H,8-9,11-12H2,1H3,(H,30,32). The van der Waals surface area contributed by atoms with Crippen molar-refractivity contribution < 1.29 is 4.79 Å². The Kier molecular flexibility index (Phi) is 5.55. The summed E-state index contributed by atoms with van der Waals surface area (Å²) in [5, 5.41) is 7.63. The van der Waals surface area contributed by atoms with E-state index in [4.69, 9.17) is 0 Å². The average Bonchev–Trinajstić information content (AvgIpc) is 3.50. The van der Waals surface area contributed by atoms with Crippen molar-refractivity contribution in [3.63, 3.8) is 0 Å². The minimum Gasteiger partial charge on any atom is -0.349 e. The van der Waals surface area contributed by atoms with Crippen molar-refractivity contribution in [2.45, 2.75) is 38.6 Å². The molecule has 0 aliphatic heterocycles. The Morgan fingerprint density at radius 2 is 1.81 bits per heavy atom. The average molecular weight is 423 g/mol. The first kappa shape index (κ1) is 20.2. The van der Waals surface area contributed by atoms with Crippen LogP contribution in [0.3, 0.4) is 0 Å². The zero-order valence-electron chi connectivity index (χ0n) is 18.2. The third kappa shape index (κ3) is 4.62. The molecule has 5 rings (SSSR count). The van der Waals surface area contributed by atoms with Crippen molar-refractivity contribution >= 4 is 5.91 Å². The highest BCUT2D eigenvalue weighted by atomic mass is 16.1. The maximum absolute atomic E-state index is 12.5. The molecule has 1 aliphatic rings. The summed E-state index contributed by atoms with van der Waals surface area (Å²) in [5.74, 6) is -0.00328. The number of hydrogen-bond donors (Lipinski definition) is 1. The number of benzene rings is 2. The number of nitrogens with one attached hydrogen (secondary N) is 1. The summed E-state index contributed by atoms with van der Waals surface area (Å²) in [7, 11) is 0. The van der Waals surface area contributed by atoms with Crippen molar-refractivity contribution in [3.8, 4) is 16.8 Å². The lowest BCUT2D eigenvalue weighted by molar-refractivity contribution is 0.0951. The predicted octanol–water partition coefficient (Wildman–Crippen LogP) is 4.92. The molecule has 2 heterocycles. The van der Waals surface area contributed by atoms with E-state index in [2.05, 4.69) is 52.7 Å². The Morgan fingerprint density at radius 3 is 2.62 bits per heavy atom. The fourth-order valence-corrected chi connectivity index (χ4v) is 3.84. The first-order chi connectivity index (χ1) is 15.7. The van der Waals surface area contributed by atoms with Crippen LogP contribution in [0.1, 0.15) is 39.9 Å². The lowest BCUT2D eigenvalue weighted by Gasteiger charge is -2.08. The van der Waals surface area contributed by atoms with Crippen molar-refractivity contribution in [2.75, 3.05) is 0 Å². The molecule has 32 heavy (non-hydrogen) atoms. The molecule has 0 unspecified atom stereocenters. The highest BCUT2D eigenvalue weighted by molar-refractivity contribution is 5.96. The quantitative estimate of drug-likeness (QED) is 0.460.